The van der Waals surface area contributed by atoms with Gasteiger partial charge in [0.25, 0.3) is 0 Å². The standard InChI is InChI=1S/C10H16N2/c1-9(2)6-5-7-11-10(3,4)8-12-9/h5-8H,1-4H3/b6-5-,11-7?,12-8?. The van der Waals surface area contributed by atoms with E-state index >= 15 is 0 Å². The number of rotatable bonds is 0. The Hall–Kier alpha value is -0.920. The molecule has 66 valence electrons. The first-order valence-corrected chi connectivity index (χ1v) is 4.21. The number of hydrogen-bond acceptors (Lipinski definition) is 2. The summed E-state index contributed by atoms with van der Waals surface area (Å²) in [6.07, 6.45) is 7.75. The molecule has 2 nitrogen and oxygen atoms in total. The van der Waals surface area contributed by atoms with Gasteiger partial charge < -0.3 is 0 Å². The molecule has 0 saturated carbocycles. The fraction of sp³-hybridized carbons (Fsp3) is 0.600. The molecular weight excluding hydrogens is 148 g/mol. The Morgan fingerprint density at radius 3 is 2.25 bits per heavy atom. The third-order valence-corrected chi connectivity index (χ3v) is 1.71. The van der Waals surface area contributed by atoms with Gasteiger partial charge in [0.05, 0.1) is 11.1 Å². The van der Waals surface area contributed by atoms with Gasteiger partial charge >= 0.3 is 0 Å². The van der Waals surface area contributed by atoms with Crippen molar-refractivity contribution in [3.8, 4) is 0 Å². The monoisotopic (exact) mass is 164 g/mol. The maximum absolute atomic E-state index is 4.44. The van der Waals surface area contributed by atoms with E-state index < -0.39 is 0 Å². The van der Waals surface area contributed by atoms with E-state index in [-0.39, 0.29) is 11.1 Å². The molecule has 0 fully saturated rings. The highest BCUT2D eigenvalue weighted by Gasteiger charge is 2.17. The SMILES string of the molecule is CC1(C)C=NC(C)(C)/C=C\C=N1. The van der Waals surface area contributed by atoms with Crippen molar-refractivity contribution in [1.29, 1.82) is 0 Å². The maximum Gasteiger partial charge on any atom is 0.0897 e. The quantitative estimate of drug-likeness (QED) is 0.524. The molecule has 0 radical (unpaired) electrons. The predicted molar refractivity (Wildman–Crippen MR) is 54.3 cm³/mol. The van der Waals surface area contributed by atoms with Gasteiger partial charge in [-0.05, 0) is 33.8 Å². The lowest BCUT2D eigenvalue weighted by Crippen LogP contribution is -2.24. The normalized spacial score (nSPS) is 27.7. The van der Waals surface area contributed by atoms with Gasteiger partial charge in [-0.2, -0.15) is 0 Å². The van der Waals surface area contributed by atoms with Crippen LogP contribution < -0.4 is 0 Å². The Labute approximate surface area is 74.1 Å². The lowest BCUT2D eigenvalue weighted by Gasteiger charge is -2.20. The summed E-state index contributed by atoms with van der Waals surface area (Å²) in [5.41, 5.74) is -0.258. The molecule has 0 unspecified atom stereocenters. The Bertz CT molecular complexity index is 219. The zero-order valence-corrected chi connectivity index (χ0v) is 8.20. The van der Waals surface area contributed by atoms with Crippen molar-refractivity contribution in [2.75, 3.05) is 0 Å². The molecule has 1 aliphatic rings. The van der Waals surface area contributed by atoms with Crippen molar-refractivity contribution in [3.05, 3.63) is 12.2 Å². The van der Waals surface area contributed by atoms with Crippen LogP contribution in [0.15, 0.2) is 22.1 Å². The average Bonchev–Trinajstić information content (AvgIpc) is 1.94. The molecule has 0 aliphatic carbocycles. The van der Waals surface area contributed by atoms with Gasteiger partial charge in [0, 0.05) is 12.4 Å². The summed E-state index contributed by atoms with van der Waals surface area (Å²) in [5.74, 6) is 0. The molecule has 1 rings (SSSR count). The van der Waals surface area contributed by atoms with Crippen LogP contribution in [0.2, 0.25) is 0 Å². The van der Waals surface area contributed by atoms with Gasteiger partial charge in [-0.15, -0.1) is 0 Å². The first-order chi connectivity index (χ1) is 5.41. The number of aliphatic imine (C=N–C) groups is 2. The molecule has 0 amide bonds. The molecule has 0 atom stereocenters. The zero-order valence-electron chi connectivity index (χ0n) is 8.20. The highest BCUT2D eigenvalue weighted by atomic mass is 14.9. The zero-order chi connectivity index (χ0) is 9.24. The van der Waals surface area contributed by atoms with Crippen LogP contribution in [0.5, 0.6) is 0 Å². The van der Waals surface area contributed by atoms with E-state index in [2.05, 4.69) is 23.8 Å². The van der Waals surface area contributed by atoms with E-state index in [4.69, 9.17) is 0 Å². The van der Waals surface area contributed by atoms with Crippen molar-refractivity contribution in [3.63, 3.8) is 0 Å². The Balaban J connectivity index is 2.97. The lowest BCUT2D eigenvalue weighted by atomic mass is 10.0. The number of hydrogen-bond donors (Lipinski definition) is 0. The molecule has 0 aromatic heterocycles. The van der Waals surface area contributed by atoms with Crippen LogP contribution in [-0.4, -0.2) is 23.5 Å². The second-order valence-corrected chi connectivity index (χ2v) is 4.20. The molecule has 12 heavy (non-hydrogen) atoms. The van der Waals surface area contributed by atoms with Crippen LogP contribution >= 0.6 is 0 Å². The van der Waals surface area contributed by atoms with E-state index in [1.807, 2.05) is 38.4 Å². The summed E-state index contributed by atoms with van der Waals surface area (Å²) in [6.45, 7) is 8.25. The average molecular weight is 164 g/mol. The Morgan fingerprint density at radius 2 is 1.58 bits per heavy atom. The minimum Gasteiger partial charge on any atom is -0.285 e. The molecule has 0 bridgehead atoms. The molecule has 0 saturated heterocycles. The summed E-state index contributed by atoms with van der Waals surface area (Å²) < 4.78 is 0. The predicted octanol–water partition coefficient (Wildman–Crippen LogP) is 2.25. The second kappa shape index (κ2) is 2.85. The molecule has 0 spiro atoms. The van der Waals surface area contributed by atoms with Crippen molar-refractivity contribution < 1.29 is 0 Å². The Kier molecular flexibility index (Phi) is 2.18. The number of allylic oxidation sites excluding steroid dienone is 1. The van der Waals surface area contributed by atoms with E-state index in [0.29, 0.717) is 0 Å². The van der Waals surface area contributed by atoms with Gasteiger partial charge in [0.1, 0.15) is 0 Å². The Morgan fingerprint density at radius 1 is 0.917 bits per heavy atom. The van der Waals surface area contributed by atoms with Gasteiger partial charge in [-0.1, -0.05) is 6.08 Å². The van der Waals surface area contributed by atoms with Gasteiger partial charge in [-0.25, -0.2) is 0 Å². The molecular formula is C10H16N2. The van der Waals surface area contributed by atoms with Crippen LogP contribution in [0, 0.1) is 0 Å². The molecule has 1 aliphatic heterocycles. The molecule has 0 aromatic rings. The van der Waals surface area contributed by atoms with Crippen LogP contribution in [0.1, 0.15) is 27.7 Å². The fourth-order valence-electron chi connectivity index (χ4n) is 0.914. The summed E-state index contributed by atoms with van der Waals surface area (Å²) in [7, 11) is 0. The van der Waals surface area contributed by atoms with E-state index in [0.717, 1.165) is 0 Å². The molecule has 2 heteroatoms. The van der Waals surface area contributed by atoms with Crippen molar-refractivity contribution in [2.24, 2.45) is 9.98 Å². The third kappa shape index (κ3) is 2.61. The van der Waals surface area contributed by atoms with Crippen molar-refractivity contribution in [2.45, 2.75) is 38.8 Å². The van der Waals surface area contributed by atoms with Crippen LogP contribution in [0.4, 0.5) is 0 Å². The first-order valence-electron chi connectivity index (χ1n) is 4.21. The topological polar surface area (TPSA) is 24.7 Å². The van der Waals surface area contributed by atoms with Gasteiger partial charge in [-0.3, -0.25) is 9.98 Å². The summed E-state index contributed by atoms with van der Waals surface area (Å²) in [6, 6.07) is 0. The summed E-state index contributed by atoms with van der Waals surface area (Å²) in [5, 5.41) is 0. The van der Waals surface area contributed by atoms with Crippen molar-refractivity contribution >= 4 is 12.4 Å². The smallest absolute Gasteiger partial charge is 0.0897 e. The minimum absolute atomic E-state index is 0.0935. The number of nitrogens with zero attached hydrogens (tertiary/aromatic N) is 2. The largest absolute Gasteiger partial charge is 0.285 e. The van der Waals surface area contributed by atoms with Crippen LogP contribution in [0.3, 0.4) is 0 Å². The third-order valence-electron chi connectivity index (χ3n) is 1.71. The van der Waals surface area contributed by atoms with E-state index in [9.17, 15) is 0 Å². The highest BCUT2D eigenvalue weighted by molar-refractivity contribution is 5.79. The fourth-order valence-corrected chi connectivity index (χ4v) is 0.914. The van der Waals surface area contributed by atoms with Crippen molar-refractivity contribution in [1.82, 2.24) is 0 Å². The summed E-state index contributed by atoms with van der Waals surface area (Å²) >= 11 is 0. The summed E-state index contributed by atoms with van der Waals surface area (Å²) in [4.78, 5) is 8.76. The highest BCUT2D eigenvalue weighted by Crippen LogP contribution is 2.15. The van der Waals surface area contributed by atoms with Gasteiger partial charge in [0.2, 0.25) is 0 Å². The second-order valence-electron chi connectivity index (χ2n) is 4.20. The van der Waals surface area contributed by atoms with Crippen LogP contribution in [-0.2, 0) is 0 Å². The van der Waals surface area contributed by atoms with Crippen LogP contribution in [0.25, 0.3) is 0 Å². The van der Waals surface area contributed by atoms with Gasteiger partial charge in [0.15, 0.2) is 0 Å². The lowest BCUT2D eigenvalue weighted by molar-refractivity contribution is 0.635. The maximum atomic E-state index is 4.44. The molecule has 1 heterocycles. The molecule has 0 N–H and O–H groups in total. The van der Waals surface area contributed by atoms with E-state index in [1.165, 1.54) is 0 Å². The first kappa shape index (κ1) is 9.17. The van der Waals surface area contributed by atoms with E-state index in [1.54, 1.807) is 0 Å². The minimum atomic E-state index is -0.165. The molecule has 0 aromatic carbocycles.